The summed E-state index contributed by atoms with van der Waals surface area (Å²) < 4.78 is 24.0. The minimum atomic E-state index is -0.833. The van der Waals surface area contributed by atoms with E-state index in [4.69, 9.17) is 18.9 Å². The molecule has 2 unspecified atom stereocenters. The number of nitrogens with zero attached hydrogens (tertiary/aromatic N) is 1. The molecule has 0 bridgehead atoms. The molecule has 2 atom stereocenters. The number of hydrogen-bond acceptors (Lipinski definition) is 6. The molecule has 206 valence electrons. The monoisotopic (exact) mass is 539 g/mol. The predicted octanol–water partition coefficient (Wildman–Crippen LogP) is 6.42. The number of carboxylic acids is 1. The molecular weight excluding hydrogens is 506 g/mol. The molecule has 0 saturated carbocycles. The van der Waals surface area contributed by atoms with Crippen molar-refractivity contribution in [2.45, 2.75) is 64.1 Å². The molecule has 1 aliphatic carbocycles. The van der Waals surface area contributed by atoms with E-state index < -0.39 is 5.97 Å². The topological polar surface area (TPSA) is 98.0 Å². The van der Waals surface area contributed by atoms with Gasteiger partial charge in [0.15, 0.2) is 0 Å². The molecule has 0 radical (unpaired) electrons. The van der Waals surface area contributed by atoms with Crippen LogP contribution in [0.4, 0.5) is 0 Å². The third kappa shape index (κ3) is 5.12. The maximum absolute atomic E-state index is 11.2. The Morgan fingerprint density at radius 3 is 2.50 bits per heavy atom. The zero-order chi connectivity index (χ0) is 27.8. The summed E-state index contributed by atoms with van der Waals surface area (Å²) in [5.41, 5.74) is 8.24. The second-order valence-electron chi connectivity index (χ2n) is 11.0. The molecule has 7 nitrogen and oxygen atoms in total. The van der Waals surface area contributed by atoms with Crippen LogP contribution >= 0.6 is 0 Å². The Labute approximate surface area is 234 Å². The fourth-order valence-corrected chi connectivity index (χ4v) is 6.38. The van der Waals surface area contributed by atoms with Gasteiger partial charge in [-0.1, -0.05) is 6.07 Å². The van der Waals surface area contributed by atoms with Gasteiger partial charge < -0.3 is 24.1 Å². The van der Waals surface area contributed by atoms with Crippen LogP contribution in [0.3, 0.4) is 0 Å². The average molecular weight is 540 g/mol. The molecular formula is C33H33NO6. The Morgan fingerprint density at radius 1 is 1.00 bits per heavy atom. The minimum Gasteiger partial charge on any atom is -0.492 e. The molecule has 3 aromatic carbocycles. The lowest BCUT2D eigenvalue weighted by molar-refractivity contribution is -0.137. The van der Waals surface area contributed by atoms with Crippen LogP contribution in [0.2, 0.25) is 0 Å². The lowest BCUT2D eigenvalue weighted by Crippen LogP contribution is -2.25. The van der Waals surface area contributed by atoms with Gasteiger partial charge in [-0.25, -0.2) is 0 Å². The highest BCUT2D eigenvalue weighted by molar-refractivity contribution is 5.78. The molecule has 0 aromatic heterocycles. The number of carbonyl (C=O) groups is 1. The first-order valence-electron chi connectivity index (χ1n) is 14.0. The van der Waals surface area contributed by atoms with Gasteiger partial charge in [0.1, 0.15) is 29.5 Å². The lowest BCUT2D eigenvalue weighted by atomic mass is 9.89. The third-order valence-corrected chi connectivity index (χ3v) is 8.23. The molecule has 3 aliphatic rings. The van der Waals surface area contributed by atoms with E-state index in [2.05, 4.69) is 32.0 Å². The number of rotatable bonds is 7. The quantitative estimate of drug-likeness (QED) is 0.370. The summed E-state index contributed by atoms with van der Waals surface area (Å²) in [6.45, 7) is 6.05. The van der Waals surface area contributed by atoms with Crippen LogP contribution in [-0.4, -0.2) is 37.0 Å². The summed E-state index contributed by atoms with van der Waals surface area (Å²) in [5, 5.41) is 19.1. The second-order valence-corrected chi connectivity index (χ2v) is 11.0. The molecule has 1 saturated heterocycles. The Morgan fingerprint density at radius 2 is 1.77 bits per heavy atom. The number of aryl methyl sites for hydroxylation is 2. The van der Waals surface area contributed by atoms with Crippen LogP contribution in [-0.2, 0) is 16.0 Å². The first-order chi connectivity index (χ1) is 19.4. The summed E-state index contributed by atoms with van der Waals surface area (Å²) in [7, 11) is 0. The number of fused-ring (bicyclic) bond motifs is 2. The molecule has 6 rings (SSSR count). The fourth-order valence-electron chi connectivity index (χ4n) is 6.38. The van der Waals surface area contributed by atoms with E-state index >= 15 is 0 Å². The molecule has 7 heteroatoms. The largest absolute Gasteiger partial charge is 0.492 e. The Kier molecular flexibility index (Phi) is 7.12. The van der Waals surface area contributed by atoms with Gasteiger partial charge in [-0.3, -0.25) is 4.79 Å². The molecule has 40 heavy (non-hydrogen) atoms. The number of hydrogen-bond donors (Lipinski definition) is 1. The van der Waals surface area contributed by atoms with E-state index in [1.807, 2.05) is 30.3 Å². The first-order valence-corrected chi connectivity index (χ1v) is 14.0. The number of benzene rings is 3. The van der Waals surface area contributed by atoms with Gasteiger partial charge in [0.25, 0.3) is 0 Å². The number of ether oxygens (including phenoxy) is 4. The van der Waals surface area contributed by atoms with Gasteiger partial charge in [-0.15, -0.1) is 0 Å². The summed E-state index contributed by atoms with van der Waals surface area (Å²) in [5.74, 6) is 1.26. The number of carboxylic acid groups (broad SMARTS) is 1. The predicted molar refractivity (Wildman–Crippen MR) is 149 cm³/mol. The highest BCUT2D eigenvalue weighted by Gasteiger charge is 2.31. The van der Waals surface area contributed by atoms with Gasteiger partial charge in [0, 0.05) is 30.4 Å². The van der Waals surface area contributed by atoms with Crippen LogP contribution in [0.5, 0.6) is 17.2 Å². The van der Waals surface area contributed by atoms with E-state index in [9.17, 15) is 15.2 Å². The van der Waals surface area contributed by atoms with Crippen molar-refractivity contribution < 1.29 is 28.8 Å². The second kappa shape index (κ2) is 10.9. The summed E-state index contributed by atoms with van der Waals surface area (Å²) in [4.78, 5) is 11.2. The van der Waals surface area contributed by atoms with Crippen molar-refractivity contribution in [2.75, 3.05) is 19.8 Å². The van der Waals surface area contributed by atoms with E-state index in [0.717, 1.165) is 78.0 Å². The van der Waals surface area contributed by atoms with Crippen molar-refractivity contribution in [3.05, 3.63) is 75.8 Å². The molecule has 2 aliphatic heterocycles. The summed E-state index contributed by atoms with van der Waals surface area (Å²) in [6.07, 6.45) is 3.49. The van der Waals surface area contributed by atoms with Crippen molar-refractivity contribution in [1.29, 1.82) is 5.26 Å². The molecule has 1 fully saturated rings. The lowest BCUT2D eigenvalue weighted by Gasteiger charge is -2.24. The minimum absolute atomic E-state index is 0.0460. The third-order valence-electron chi connectivity index (χ3n) is 8.23. The standard InChI is InChI=1S/C33H33NO6/c1-19-11-25(39-23-7-9-37-10-8-23)12-20(2)33(19)29-14-21(17-34)13-28-27(29)5-6-30(28)40-24-3-4-26-22(15-32(35)36)18-38-31(26)16-24/h3-4,11-14,16,22-23,30H,5-10,15,18H2,1-2H3,(H,35,36). The van der Waals surface area contributed by atoms with Gasteiger partial charge in [0.2, 0.25) is 0 Å². The molecule has 1 N–H and O–H groups in total. The molecule has 3 aromatic rings. The Hall–Kier alpha value is -4.02. The highest BCUT2D eigenvalue weighted by Crippen LogP contribution is 2.45. The van der Waals surface area contributed by atoms with E-state index in [0.29, 0.717) is 23.7 Å². The van der Waals surface area contributed by atoms with Gasteiger partial charge >= 0.3 is 5.97 Å². The molecule has 2 heterocycles. The summed E-state index contributed by atoms with van der Waals surface area (Å²) in [6, 6.07) is 16.2. The van der Waals surface area contributed by atoms with Crippen molar-refractivity contribution >= 4 is 5.97 Å². The first kappa shape index (κ1) is 26.2. The van der Waals surface area contributed by atoms with Gasteiger partial charge in [0.05, 0.1) is 37.9 Å². The van der Waals surface area contributed by atoms with E-state index in [1.54, 1.807) is 0 Å². The maximum Gasteiger partial charge on any atom is 0.304 e. The zero-order valence-electron chi connectivity index (χ0n) is 22.9. The van der Waals surface area contributed by atoms with Gasteiger partial charge in [-0.05, 0) is 90.4 Å². The van der Waals surface area contributed by atoms with Gasteiger partial charge in [-0.2, -0.15) is 5.26 Å². The van der Waals surface area contributed by atoms with Crippen LogP contribution in [0, 0.1) is 25.2 Å². The van der Waals surface area contributed by atoms with E-state index in [-0.39, 0.29) is 24.5 Å². The van der Waals surface area contributed by atoms with Crippen molar-refractivity contribution in [2.24, 2.45) is 0 Å². The van der Waals surface area contributed by atoms with Crippen LogP contribution < -0.4 is 14.2 Å². The Bertz CT molecular complexity index is 1480. The van der Waals surface area contributed by atoms with Crippen LogP contribution in [0.25, 0.3) is 11.1 Å². The normalized spacial score (nSPS) is 19.8. The van der Waals surface area contributed by atoms with Crippen LogP contribution in [0.15, 0.2) is 42.5 Å². The smallest absolute Gasteiger partial charge is 0.304 e. The zero-order valence-corrected chi connectivity index (χ0v) is 22.9. The van der Waals surface area contributed by atoms with Crippen LogP contribution in [0.1, 0.15) is 71.1 Å². The summed E-state index contributed by atoms with van der Waals surface area (Å²) >= 11 is 0. The fraction of sp³-hybridized carbons (Fsp3) is 0.394. The Balaban J connectivity index is 1.28. The van der Waals surface area contributed by atoms with Crippen molar-refractivity contribution in [1.82, 2.24) is 0 Å². The van der Waals surface area contributed by atoms with E-state index in [1.165, 1.54) is 5.56 Å². The molecule has 0 spiro atoms. The number of aliphatic carboxylic acids is 1. The average Bonchev–Trinajstić information content (AvgIpc) is 3.52. The number of nitriles is 1. The van der Waals surface area contributed by atoms with Crippen molar-refractivity contribution in [3.63, 3.8) is 0 Å². The SMILES string of the molecule is Cc1cc(OC2CCOCC2)cc(C)c1-c1cc(C#N)cc2c1CCC2Oc1ccc2c(c1)OCC2CC(=O)O. The highest BCUT2D eigenvalue weighted by atomic mass is 16.5. The van der Waals surface area contributed by atoms with Crippen molar-refractivity contribution in [3.8, 4) is 34.4 Å². The maximum atomic E-state index is 11.2. The molecule has 0 amide bonds.